The molecule has 1 aliphatic rings. The summed E-state index contributed by atoms with van der Waals surface area (Å²) in [6.45, 7) is 2.10. The third kappa shape index (κ3) is 4.64. The van der Waals surface area contributed by atoms with Gasteiger partial charge in [0.15, 0.2) is 6.61 Å². The van der Waals surface area contributed by atoms with Crippen LogP contribution in [0.5, 0.6) is 5.75 Å². The Bertz CT molecular complexity index is 475. The molecule has 0 bridgehead atoms. The minimum atomic E-state index is -0.334. The van der Waals surface area contributed by atoms with Crippen molar-refractivity contribution in [1.29, 1.82) is 0 Å². The van der Waals surface area contributed by atoms with E-state index in [9.17, 15) is 9.18 Å². The quantitative estimate of drug-likeness (QED) is 0.861. The third-order valence-corrected chi connectivity index (χ3v) is 3.37. The lowest BCUT2D eigenvalue weighted by Gasteiger charge is -2.18. The van der Waals surface area contributed by atoms with E-state index >= 15 is 0 Å². The van der Waals surface area contributed by atoms with Gasteiger partial charge in [-0.05, 0) is 55.9 Å². The monoisotopic (exact) mass is 278 g/mol. The number of nitrogens with zero attached hydrogens (tertiary/aromatic N) is 1. The Morgan fingerprint density at radius 1 is 1.35 bits per heavy atom. The van der Waals surface area contributed by atoms with Crippen LogP contribution in [0.3, 0.4) is 0 Å². The molecular formula is C15H19FN2O2. The normalized spacial score (nSPS) is 18.5. The van der Waals surface area contributed by atoms with E-state index in [1.807, 2.05) is 0 Å². The van der Waals surface area contributed by atoms with E-state index in [4.69, 9.17) is 4.74 Å². The van der Waals surface area contributed by atoms with Crippen LogP contribution in [0.2, 0.25) is 0 Å². The van der Waals surface area contributed by atoms with Crippen molar-refractivity contribution >= 4 is 11.6 Å². The lowest BCUT2D eigenvalue weighted by Crippen LogP contribution is -2.26. The third-order valence-electron chi connectivity index (χ3n) is 3.37. The van der Waals surface area contributed by atoms with Gasteiger partial charge in [0.1, 0.15) is 11.6 Å². The summed E-state index contributed by atoms with van der Waals surface area (Å²) in [5.41, 5.74) is 3.54. The van der Waals surface area contributed by atoms with Gasteiger partial charge in [0.25, 0.3) is 5.91 Å². The lowest BCUT2D eigenvalue weighted by molar-refractivity contribution is -0.123. The van der Waals surface area contributed by atoms with Crippen molar-refractivity contribution in [2.75, 3.05) is 6.61 Å². The number of carbonyl (C=O) groups excluding carboxylic acids is 1. The lowest BCUT2D eigenvalue weighted by atomic mass is 9.90. The van der Waals surface area contributed by atoms with Crippen LogP contribution in [-0.4, -0.2) is 18.2 Å². The minimum absolute atomic E-state index is 0.126. The predicted octanol–water partition coefficient (Wildman–Crippen LogP) is 2.89. The topological polar surface area (TPSA) is 50.7 Å². The number of hydrogen-bond donors (Lipinski definition) is 1. The SMILES string of the molecule is CC1CCC(=NNC(=O)COc2ccc(F)cc2)CC1. The van der Waals surface area contributed by atoms with Crippen LogP contribution >= 0.6 is 0 Å². The van der Waals surface area contributed by atoms with Gasteiger partial charge in [-0.2, -0.15) is 5.10 Å². The Kier molecular flexibility index (Phi) is 5.09. The number of rotatable bonds is 4. The second-order valence-corrected chi connectivity index (χ2v) is 5.14. The molecule has 0 spiro atoms. The molecule has 0 radical (unpaired) electrons. The fourth-order valence-electron chi connectivity index (χ4n) is 2.06. The maximum Gasteiger partial charge on any atom is 0.277 e. The number of amides is 1. The first-order chi connectivity index (χ1) is 9.63. The molecule has 20 heavy (non-hydrogen) atoms. The van der Waals surface area contributed by atoms with Gasteiger partial charge in [0.2, 0.25) is 0 Å². The number of benzene rings is 1. The van der Waals surface area contributed by atoms with E-state index in [0.717, 1.165) is 37.3 Å². The zero-order valence-corrected chi connectivity index (χ0v) is 11.6. The molecule has 2 rings (SSSR count). The van der Waals surface area contributed by atoms with E-state index < -0.39 is 0 Å². The highest BCUT2D eigenvalue weighted by Gasteiger charge is 2.13. The molecule has 0 heterocycles. The second kappa shape index (κ2) is 7.03. The fraction of sp³-hybridized carbons (Fsp3) is 0.467. The van der Waals surface area contributed by atoms with Crippen molar-refractivity contribution in [2.45, 2.75) is 32.6 Å². The average molecular weight is 278 g/mol. The van der Waals surface area contributed by atoms with E-state index in [0.29, 0.717) is 5.75 Å². The molecule has 1 amide bonds. The Hall–Kier alpha value is -1.91. The summed E-state index contributed by atoms with van der Waals surface area (Å²) < 4.78 is 17.9. The summed E-state index contributed by atoms with van der Waals surface area (Å²) in [5, 5.41) is 4.12. The molecule has 0 unspecified atom stereocenters. The van der Waals surface area contributed by atoms with E-state index in [1.54, 1.807) is 0 Å². The highest BCUT2D eigenvalue weighted by Crippen LogP contribution is 2.20. The largest absolute Gasteiger partial charge is 0.484 e. The zero-order chi connectivity index (χ0) is 14.4. The molecule has 1 aliphatic carbocycles. The van der Waals surface area contributed by atoms with Gasteiger partial charge in [0.05, 0.1) is 0 Å². The maximum atomic E-state index is 12.7. The standard InChI is InChI=1S/C15H19FN2O2/c1-11-2-6-13(7-3-11)17-18-15(19)10-20-14-8-4-12(16)5-9-14/h4-5,8-9,11H,2-3,6-7,10H2,1H3,(H,18,19). The van der Waals surface area contributed by atoms with E-state index in [-0.39, 0.29) is 18.3 Å². The number of hydrogen-bond acceptors (Lipinski definition) is 3. The zero-order valence-electron chi connectivity index (χ0n) is 11.6. The van der Waals surface area contributed by atoms with E-state index in [2.05, 4.69) is 17.5 Å². The summed E-state index contributed by atoms with van der Waals surface area (Å²) in [5.74, 6) is 0.562. The smallest absolute Gasteiger partial charge is 0.277 e. The first-order valence-electron chi connectivity index (χ1n) is 6.86. The van der Waals surface area contributed by atoms with Crippen molar-refractivity contribution in [1.82, 2.24) is 5.43 Å². The summed E-state index contributed by atoms with van der Waals surface area (Å²) in [7, 11) is 0. The molecule has 0 saturated heterocycles. The molecule has 1 N–H and O–H groups in total. The summed E-state index contributed by atoms with van der Waals surface area (Å²) in [4.78, 5) is 11.6. The maximum absolute atomic E-state index is 12.7. The number of nitrogens with one attached hydrogen (secondary N) is 1. The van der Waals surface area contributed by atoms with E-state index in [1.165, 1.54) is 24.3 Å². The molecule has 108 valence electrons. The molecule has 1 aromatic rings. The molecule has 1 aromatic carbocycles. The van der Waals surface area contributed by atoms with Gasteiger partial charge in [-0.3, -0.25) is 4.79 Å². The van der Waals surface area contributed by atoms with Gasteiger partial charge in [-0.1, -0.05) is 6.92 Å². The fourth-order valence-corrected chi connectivity index (χ4v) is 2.06. The Labute approximate surface area is 118 Å². The van der Waals surface area contributed by atoms with Crippen LogP contribution in [-0.2, 0) is 4.79 Å². The Morgan fingerprint density at radius 3 is 2.65 bits per heavy atom. The number of hydrazone groups is 1. The minimum Gasteiger partial charge on any atom is -0.484 e. The number of halogens is 1. The molecule has 1 fully saturated rings. The van der Waals surface area contributed by atoms with Crippen molar-refractivity contribution in [2.24, 2.45) is 11.0 Å². The second-order valence-electron chi connectivity index (χ2n) is 5.14. The molecule has 5 heteroatoms. The molecule has 0 aliphatic heterocycles. The predicted molar refractivity (Wildman–Crippen MR) is 75.1 cm³/mol. The highest BCUT2D eigenvalue weighted by atomic mass is 19.1. The van der Waals surface area contributed by atoms with Crippen molar-refractivity contribution < 1.29 is 13.9 Å². The number of carbonyl (C=O) groups is 1. The Balaban J connectivity index is 1.73. The average Bonchev–Trinajstić information content (AvgIpc) is 2.46. The van der Waals surface area contributed by atoms with Crippen molar-refractivity contribution in [3.63, 3.8) is 0 Å². The van der Waals surface area contributed by atoms with Crippen molar-refractivity contribution in [3.05, 3.63) is 30.1 Å². The van der Waals surface area contributed by atoms with Gasteiger partial charge >= 0.3 is 0 Å². The summed E-state index contributed by atoms with van der Waals surface area (Å²) >= 11 is 0. The first-order valence-corrected chi connectivity index (χ1v) is 6.86. The molecule has 1 saturated carbocycles. The van der Waals surface area contributed by atoms with Crippen LogP contribution in [0.15, 0.2) is 29.4 Å². The van der Waals surface area contributed by atoms with Gasteiger partial charge in [-0.15, -0.1) is 0 Å². The van der Waals surface area contributed by atoms with Crippen molar-refractivity contribution in [3.8, 4) is 5.75 Å². The first kappa shape index (κ1) is 14.5. The highest BCUT2D eigenvalue weighted by molar-refractivity contribution is 5.87. The summed E-state index contributed by atoms with van der Waals surface area (Å²) in [6, 6.07) is 5.54. The molecular weight excluding hydrogens is 259 g/mol. The van der Waals surface area contributed by atoms with Crippen LogP contribution < -0.4 is 10.2 Å². The van der Waals surface area contributed by atoms with Crippen LogP contribution in [0.25, 0.3) is 0 Å². The number of ether oxygens (including phenoxy) is 1. The van der Waals surface area contributed by atoms with Gasteiger partial charge < -0.3 is 4.74 Å². The van der Waals surface area contributed by atoms with Gasteiger partial charge in [0, 0.05) is 5.71 Å². The molecule has 0 aromatic heterocycles. The molecule has 0 atom stereocenters. The molecule has 4 nitrogen and oxygen atoms in total. The van der Waals surface area contributed by atoms with Gasteiger partial charge in [-0.25, -0.2) is 9.82 Å². The van der Waals surface area contributed by atoms with Crippen LogP contribution in [0.4, 0.5) is 4.39 Å². The van der Waals surface area contributed by atoms with Crippen LogP contribution in [0.1, 0.15) is 32.6 Å². The summed E-state index contributed by atoms with van der Waals surface area (Å²) in [6.07, 6.45) is 4.14. The van der Waals surface area contributed by atoms with Crippen LogP contribution in [0, 0.1) is 11.7 Å². The Morgan fingerprint density at radius 2 is 2.00 bits per heavy atom.